The van der Waals surface area contributed by atoms with E-state index in [2.05, 4.69) is 10.1 Å². The molecule has 0 amide bonds. The Balaban J connectivity index is 1.92. The van der Waals surface area contributed by atoms with Crippen molar-refractivity contribution in [3.63, 3.8) is 0 Å². The maximum atomic E-state index is 13.4. The van der Waals surface area contributed by atoms with Gasteiger partial charge >= 0.3 is 24.1 Å². The lowest BCUT2D eigenvalue weighted by molar-refractivity contribution is -0.186. The molecule has 3 rings (SSSR count). The lowest BCUT2D eigenvalue weighted by Gasteiger charge is -2.39. The van der Waals surface area contributed by atoms with Crippen LogP contribution in [0.3, 0.4) is 0 Å². The van der Waals surface area contributed by atoms with Crippen molar-refractivity contribution in [2.75, 3.05) is 5.75 Å². The molecular weight excluding hydrogens is 495 g/mol. The summed E-state index contributed by atoms with van der Waals surface area (Å²) in [6.45, 7) is 3.47. The minimum absolute atomic E-state index is 0.0710. The third kappa shape index (κ3) is 6.65. The number of hydrogen-bond acceptors (Lipinski definition) is 10. The van der Waals surface area contributed by atoms with Gasteiger partial charge in [0.05, 0.1) is 6.20 Å². The van der Waals surface area contributed by atoms with Crippen LogP contribution in [-0.2, 0) is 41.8 Å². The Labute approximate surface area is 202 Å². The number of aromatic nitrogens is 3. The van der Waals surface area contributed by atoms with Crippen LogP contribution in [0.2, 0.25) is 0 Å². The summed E-state index contributed by atoms with van der Waals surface area (Å²) < 4.78 is 63.1. The average Bonchev–Trinajstić information content (AvgIpc) is 3.14. The number of aryl methyl sites for hydroxylation is 1. The summed E-state index contributed by atoms with van der Waals surface area (Å²) in [5.74, 6) is -1.82. The van der Waals surface area contributed by atoms with Crippen LogP contribution in [0, 0.1) is 0 Å². The van der Waals surface area contributed by atoms with Crippen molar-refractivity contribution in [3.8, 4) is 16.9 Å². The van der Waals surface area contributed by atoms with E-state index in [9.17, 15) is 27.6 Å². The first kappa shape index (κ1) is 26.3. The van der Waals surface area contributed by atoms with Crippen LogP contribution in [0.15, 0.2) is 24.7 Å². The van der Waals surface area contributed by atoms with E-state index in [4.69, 9.17) is 18.9 Å². The molecular formula is C21H22F3N3O7S. The molecule has 1 saturated heterocycles. The standard InChI is InChI=1S/C21H22F3N3O7S/c1-10(28)31-16-9-35-20(18(33-12(3)30)17(16)32-11(2)29)34-14-5-13(6-25-7-14)15-8-27(4)26-19(15)21(22,23)24/h5-8,16-18,20H,9H2,1-4H3/t16-,17+,18-,20+/m1/s1. The zero-order chi connectivity index (χ0) is 25.9. The van der Waals surface area contributed by atoms with Crippen LogP contribution in [0.25, 0.3) is 11.1 Å². The molecule has 4 atom stereocenters. The molecule has 0 N–H and O–H groups in total. The Hall–Kier alpha value is -3.29. The second-order valence-electron chi connectivity index (χ2n) is 7.59. The van der Waals surface area contributed by atoms with Crippen LogP contribution >= 0.6 is 11.8 Å². The van der Waals surface area contributed by atoms with Crippen LogP contribution in [0.1, 0.15) is 26.5 Å². The van der Waals surface area contributed by atoms with Gasteiger partial charge in [0.15, 0.2) is 29.4 Å². The van der Waals surface area contributed by atoms with E-state index in [-0.39, 0.29) is 22.6 Å². The molecule has 0 unspecified atom stereocenters. The topological polar surface area (TPSA) is 119 Å². The molecule has 14 heteroatoms. The third-order valence-corrected chi connectivity index (χ3v) is 5.89. The van der Waals surface area contributed by atoms with E-state index in [1.807, 2.05) is 0 Å². The minimum atomic E-state index is -4.68. The predicted octanol–water partition coefficient (Wildman–Crippen LogP) is 2.75. The molecule has 1 aliphatic rings. The first-order chi connectivity index (χ1) is 16.3. The van der Waals surface area contributed by atoms with E-state index in [1.165, 1.54) is 38.6 Å². The number of nitrogens with zero attached hydrogens (tertiary/aromatic N) is 3. The van der Waals surface area contributed by atoms with Gasteiger partial charge in [-0.25, -0.2) is 0 Å². The van der Waals surface area contributed by atoms with E-state index < -0.39 is 53.5 Å². The molecule has 0 saturated carbocycles. The SMILES string of the molecule is CC(=O)O[C@@H]1[C@@H](OC(C)=O)[C@@H](Oc2cncc(-c3cn(C)nc3C(F)(F)F)c2)SC[C@H]1OC(C)=O. The van der Waals surface area contributed by atoms with E-state index >= 15 is 0 Å². The van der Waals surface area contributed by atoms with Gasteiger partial charge in [0.2, 0.25) is 0 Å². The second kappa shape index (κ2) is 10.5. The van der Waals surface area contributed by atoms with E-state index in [1.54, 1.807) is 0 Å². The molecule has 1 aliphatic heterocycles. The normalized spacial score (nSPS) is 22.3. The van der Waals surface area contributed by atoms with Gasteiger partial charge in [-0.15, -0.1) is 11.8 Å². The van der Waals surface area contributed by atoms with E-state index in [0.29, 0.717) is 0 Å². The van der Waals surface area contributed by atoms with Gasteiger partial charge in [0, 0.05) is 57.1 Å². The largest absolute Gasteiger partial charge is 0.474 e. The fraction of sp³-hybridized carbons (Fsp3) is 0.476. The summed E-state index contributed by atoms with van der Waals surface area (Å²) >= 11 is 1.11. The zero-order valence-corrected chi connectivity index (χ0v) is 19.9. The number of esters is 3. The van der Waals surface area contributed by atoms with Gasteiger partial charge in [0.1, 0.15) is 5.75 Å². The van der Waals surface area contributed by atoms with Crippen LogP contribution in [0.5, 0.6) is 5.75 Å². The molecule has 0 spiro atoms. The van der Waals surface area contributed by atoms with E-state index in [0.717, 1.165) is 30.3 Å². The summed E-state index contributed by atoms with van der Waals surface area (Å²) in [7, 11) is 1.36. The highest BCUT2D eigenvalue weighted by Gasteiger charge is 2.47. The number of rotatable bonds is 6. The van der Waals surface area contributed by atoms with Crippen molar-refractivity contribution in [3.05, 3.63) is 30.4 Å². The van der Waals surface area contributed by atoms with Gasteiger partial charge < -0.3 is 18.9 Å². The number of halogens is 3. The molecule has 10 nitrogen and oxygen atoms in total. The van der Waals surface area contributed by atoms with Crippen molar-refractivity contribution >= 4 is 29.7 Å². The van der Waals surface area contributed by atoms with Crippen molar-refractivity contribution in [1.29, 1.82) is 0 Å². The molecule has 0 bridgehead atoms. The van der Waals surface area contributed by atoms with Crippen molar-refractivity contribution in [2.24, 2.45) is 7.05 Å². The van der Waals surface area contributed by atoms with Crippen LogP contribution in [-0.4, -0.2) is 62.2 Å². The number of alkyl halides is 3. The number of hydrogen-bond donors (Lipinski definition) is 0. The second-order valence-corrected chi connectivity index (χ2v) is 8.72. The Morgan fingerprint density at radius 2 is 1.66 bits per heavy atom. The Bertz CT molecular complexity index is 1110. The maximum Gasteiger partial charge on any atom is 0.435 e. The quantitative estimate of drug-likeness (QED) is 0.418. The summed E-state index contributed by atoms with van der Waals surface area (Å²) in [5, 5.41) is 3.49. The highest BCUT2D eigenvalue weighted by Crippen LogP contribution is 2.38. The van der Waals surface area contributed by atoms with Crippen molar-refractivity contribution in [1.82, 2.24) is 14.8 Å². The Kier molecular flexibility index (Phi) is 7.93. The van der Waals surface area contributed by atoms with Gasteiger partial charge in [-0.05, 0) is 6.07 Å². The van der Waals surface area contributed by atoms with Crippen molar-refractivity contribution in [2.45, 2.75) is 50.7 Å². The molecule has 1 fully saturated rings. The lowest BCUT2D eigenvalue weighted by atomic mass is 10.1. The molecule has 0 aliphatic carbocycles. The Morgan fingerprint density at radius 3 is 2.26 bits per heavy atom. The Morgan fingerprint density at radius 1 is 1.03 bits per heavy atom. The number of carbonyl (C=O) groups excluding carboxylic acids is 3. The van der Waals surface area contributed by atoms with Gasteiger partial charge in [-0.2, -0.15) is 18.3 Å². The minimum Gasteiger partial charge on any atom is -0.474 e. The van der Waals surface area contributed by atoms with Crippen molar-refractivity contribution < 1.29 is 46.5 Å². The number of ether oxygens (including phenoxy) is 4. The number of thioether (sulfide) groups is 1. The number of carbonyl (C=O) groups is 3. The fourth-order valence-corrected chi connectivity index (χ4v) is 4.70. The monoisotopic (exact) mass is 517 g/mol. The first-order valence-corrected chi connectivity index (χ1v) is 11.3. The summed E-state index contributed by atoms with van der Waals surface area (Å²) in [6.07, 6.45) is -4.24. The van der Waals surface area contributed by atoms with Gasteiger partial charge in [0.25, 0.3) is 0 Å². The molecule has 2 aromatic heterocycles. The highest BCUT2D eigenvalue weighted by molar-refractivity contribution is 7.99. The highest BCUT2D eigenvalue weighted by atomic mass is 32.2. The van der Waals surface area contributed by atoms with Gasteiger partial charge in [-0.3, -0.25) is 24.0 Å². The molecule has 2 aromatic rings. The smallest absolute Gasteiger partial charge is 0.435 e. The van der Waals surface area contributed by atoms with Crippen LogP contribution < -0.4 is 4.74 Å². The molecule has 0 radical (unpaired) electrons. The predicted molar refractivity (Wildman–Crippen MR) is 115 cm³/mol. The summed E-state index contributed by atoms with van der Waals surface area (Å²) in [5.41, 5.74) is -2.13. The fourth-order valence-electron chi connectivity index (χ4n) is 3.48. The molecule has 0 aromatic carbocycles. The lowest BCUT2D eigenvalue weighted by Crippen LogP contribution is -2.55. The molecule has 35 heavy (non-hydrogen) atoms. The summed E-state index contributed by atoms with van der Waals surface area (Å²) in [6, 6.07) is 1.34. The van der Waals surface area contributed by atoms with Gasteiger partial charge in [-0.1, -0.05) is 0 Å². The maximum absolute atomic E-state index is 13.4. The molecule has 190 valence electrons. The number of pyridine rings is 1. The van der Waals surface area contributed by atoms with Crippen LogP contribution in [0.4, 0.5) is 13.2 Å². The molecule has 3 heterocycles. The first-order valence-electron chi connectivity index (χ1n) is 10.2. The third-order valence-electron chi connectivity index (χ3n) is 4.68. The summed E-state index contributed by atoms with van der Waals surface area (Å²) in [4.78, 5) is 39.0. The zero-order valence-electron chi connectivity index (χ0n) is 19.1. The average molecular weight is 517 g/mol.